The first-order valence-electron chi connectivity index (χ1n) is 10.6. The average Bonchev–Trinajstić information content (AvgIpc) is 3.17. The number of hydrogen-bond donors (Lipinski definition) is 3. The third-order valence-electron chi connectivity index (χ3n) is 6.14. The highest BCUT2D eigenvalue weighted by Crippen LogP contribution is 2.33. The van der Waals surface area contributed by atoms with E-state index in [1.54, 1.807) is 0 Å². The van der Waals surface area contributed by atoms with Gasteiger partial charge in [-0.1, -0.05) is 42.7 Å². The third kappa shape index (κ3) is 4.85. The Morgan fingerprint density at radius 1 is 1.07 bits per heavy atom. The summed E-state index contributed by atoms with van der Waals surface area (Å²) >= 11 is 0. The molecule has 3 N–H and O–H groups in total. The summed E-state index contributed by atoms with van der Waals surface area (Å²) < 4.78 is 0. The maximum absolute atomic E-state index is 12.6. The van der Waals surface area contributed by atoms with Crippen molar-refractivity contribution in [3.05, 3.63) is 65.2 Å². The van der Waals surface area contributed by atoms with Crippen LogP contribution in [-0.4, -0.2) is 23.9 Å². The van der Waals surface area contributed by atoms with Crippen LogP contribution in [0, 0.1) is 12.8 Å². The number of rotatable bonds is 5. The standard InChI is InChI=1S/C24H29N3O2/c1-16-9-11-18(12-10-16)23(28)26-20-7-4-5-17(13-20)15-25-24(29)22-14-19-6-2-3-8-21(19)27-22/h4-5,7,9-13,19,21-22,27H,2-3,6,8,14-15H2,1H3,(H,25,29)(H,26,28). The Morgan fingerprint density at radius 3 is 2.66 bits per heavy atom. The van der Waals surface area contributed by atoms with Gasteiger partial charge in [0, 0.05) is 23.8 Å². The van der Waals surface area contributed by atoms with E-state index in [0.29, 0.717) is 24.1 Å². The van der Waals surface area contributed by atoms with E-state index in [2.05, 4.69) is 16.0 Å². The van der Waals surface area contributed by atoms with Crippen LogP contribution in [-0.2, 0) is 11.3 Å². The van der Waals surface area contributed by atoms with Gasteiger partial charge in [-0.3, -0.25) is 9.59 Å². The number of aryl methyl sites for hydroxylation is 1. The molecule has 29 heavy (non-hydrogen) atoms. The van der Waals surface area contributed by atoms with Gasteiger partial charge in [0.1, 0.15) is 0 Å². The van der Waals surface area contributed by atoms with Crippen LogP contribution in [0.3, 0.4) is 0 Å². The molecule has 0 spiro atoms. The topological polar surface area (TPSA) is 70.2 Å². The minimum Gasteiger partial charge on any atom is -0.351 e. The molecule has 2 fully saturated rings. The molecule has 0 aromatic heterocycles. The molecule has 2 aromatic carbocycles. The van der Waals surface area contributed by atoms with Crippen molar-refractivity contribution in [1.82, 2.24) is 10.6 Å². The fourth-order valence-electron chi connectivity index (χ4n) is 4.50. The molecule has 1 heterocycles. The molecule has 3 unspecified atom stereocenters. The van der Waals surface area contributed by atoms with Crippen LogP contribution >= 0.6 is 0 Å². The van der Waals surface area contributed by atoms with Gasteiger partial charge < -0.3 is 16.0 Å². The molecule has 1 aliphatic carbocycles. The van der Waals surface area contributed by atoms with Crippen LogP contribution in [0.5, 0.6) is 0 Å². The molecule has 3 atom stereocenters. The molecule has 1 aliphatic heterocycles. The summed E-state index contributed by atoms with van der Waals surface area (Å²) in [7, 11) is 0. The van der Waals surface area contributed by atoms with Gasteiger partial charge in [-0.05, 0) is 61.9 Å². The minimum absolute atomic E-state index is 0.0764. The van der Waals surface area contributed by atoms with E-state index in [1.807, 2.05) is 55.5 Å². The smallest absolute Gasteiger partial charge is 0.255 e. The number of nitrogens with one attached hydrogen (secondary N) is 3. The molecular formula is C24H29N3O2. The second-order valence-electron chi connectivity index (χ2n) is 8.34. The van der Waals surface area contributed by atoms with Gasteiger partial charge in [0.05, 0.1) is 6.04 Å². The Kier molecular flexibility index (Phi) is 5.95. The van der Waals surface area contributed by atoms with Crippen molar-refractivity contribution < 1.29 is 9.59 Å². The second kappa shape index (κ2) is 8.78. The molecule has 152 valence electrons. The maximum atomic E-state index is 12.6. The van der Waals surface area contributed by atoms with E-state index < -0.39 is 0 Å². The lowest BCUT2D eigenvalue weighted by atomic mass is 9.85. The Balaban J connectivity index is 1.31. The Bertz CT molecular complexity index is 864. The van der Waals surface area contributed by atoms with E-state index in [9.17, 15) is 9.59 Å². The first kappa shape index (κ1) is 19.6. The van der Waals surface area contributed by atoms with Gasteiger partial charge >= 0.3 is 0 Å². The predicted molar refractivity (Wildman–Crippen MR) is 115 cm³/mol. The van der Waals surface area contributed by atoms with E-state index in [-0.39, 0.29) is 17.9 Å². The summed E-state index contributed by atoms with van der Waals surface area (Å²) in [5.74, 6) is 0.595. The summed E-state index contributed by atoms with van der Waals surface area (Å²) in [6, 6.07) is 15.6. The van der Waals surface area contributed by atoms with E-state index in [0.717, 1.165) is 23.2 Å². The number of anilines is 1. The zero-order valence-electron chi connectivity index (χ0n) is 16.9. The Hall–Kier alpha value is -2.66. The second-order valence-corrected chi connectivity index (χ2v) is 8.34. The van der Waals surface area contributed by atoms with Crippen molar-refractivity contribution in [2.45, 2.75) is 57.7 Å². The molecule has 1 saturated carbocycles. The summed E-state index contributed by atoms with van der Waals surface area (Å²) in [5, 5.41) is 9.50. The molecular weight excluding hydrogens is 362 g/mol. The van der Waals surface area contributed by atoms with Gasteiger partial charge in [0.15, 0.2) is 0 Å². The minimum atomic E-state index is -0.135. The Morgan fingerprint density at radius 2 is 1.86 bits per heavy atom. The van der Waals surface area contributed by atoms with Crippen LogP contribution in [0.2, 0.25) is 0 Å². The molecule has 2 amide bonds. The van der Waals surface area contributed by atoms with Crippen molar-refractivity contribution in [3.63, 3.8) is 0 Å². The van der Waals surface area contributed by atoms with Crippen molar-refractivity contribution in [2.24, 2.45) is 5.92 Å². The van der Waals surface area contributed by atoms with Gasteiger partial charge in [0.25, 0.3) is 5.91 Å². The molecule has 2 aliphatic rings. The molecule has 0 bridgehead atoms. The SMILES string of the molecule is Cc1ccc(C(=O)Nc2cccc(CNC(=O)C3CC4CCCCC4N3)c2)cc1. The number of carbonyl (C=O) groups excluding carboxylic acids is 2. The van der Waals surface area contributed by atoms with Crippen LogP contribution in [0.25, 0.3) is 0 Å². The van der Waals surface area contributed by atoms with Crippen molar-refractivity contribution >= 4 is 17.5 Å². The summed E-state index contributed by atoms with van der Waals surface area (Å²) in [6.07, 6.45) is 5.94. The predicted octanol–water partition coefficient (Wildman–Crippen LogP) is 3.78. The number of carbonyl (C=O) groups is 2. The zero-order chi connectivity index (χ0) is 20.2. The number of amides is 2. The van der Waals surface area contributed by atoms with Crippen LogP contribution in [0.15, 0.2) is 48.5 Å². The van der Waals surface area contributed by atoms with Crippen LogP contribution in [0.4, 0.5) is 5.69 Å². The quantitative estimate of drug-likeness (QED) is 0.726. The lowest BCUT2D eigenvalue weighted by molar-refractivity contribution is -0.123. The fourth-order valence-corrected chi connectivity index (χ4v) is 4.50. The largest absolute Gasteiger partial charge is 0.351 e. The highest BCUT2D eigenvalue weighted by atomic mass is 16.2. The molecule has 5 heteroatoms. The Labute approximate surface area is 172 Å². The summed E-state index contributed by atoms with van der Waals surface area (Å²) in [6.45, 7) is 2.45. The van der Waals surface area contributed by atoms with Gasteiger partial charge in [-0.2, -0.15) is 0 Å². The van der Waals surface area contributed by atoms with Gasteiger partial charge in [-0.15, -0.1) is 0 Å². The molecule has 0 radical (unpaired) electrons. The van der Waals surface area contributed by atoms with Crippen molar-refractivity contribution in [1.29, 1.82) is 0 Å². The van der Waals surface area contributed by atoms with Gasteiger partial charge in [-0.25, -0.2) is 0 Å². The van der Waals surface area contributed by atoms with E-state index in [4.69, 9.17) is 0 Å². The zero-order valence-corrected chi connectivity index (χ0v) is 16.9. The number of hydrogen-bond acceptors (Lipinski definition) is 3. The lowest BCUT2D eigenvalue weighted by Crippen LogP contribution is -2.42. The van der Waals surface area contributed by atoms with Gasteiger partial charge in [0.2, 0.25) is 5.91 Å². The van der Waals surface area contributed by atoms with Crippen molar-refractivity contribution in [3.8, 4) is 0 Å². The van der Waals surface area contributed by atoms with Crippen LogP contribution < -0.4 is 16.0 Å². The third-order valence-corrected chi connectivity index (χ3v) is 6.14. The normalized spacial score (nSPS) is 23.3. The number of fused-ring (bicyclic) bond motifs is 1. The lowest BCUT2D eigenvalue weighted by Gasteiger charge is -2.24. The fraction of sp³-hybridized carbons (Fsp3) is 0.417. The molecule has 1 saturated heterocycles. The van der Waals surface area contributed by atoms with E-state index in [1.165, 1.54) is 25.7 Å². The highest BCUT2D eigenvalue weighted by Gasteiger charge is 2.37. The van der Waals surface area contributed by atoms with Crippen molar-refractivity contribution in [2.75, 3.05) is 5.32 Å². The number of benzene rings is 2. The average molecular weight is 392 g/mol. The molecule has 4 rings (SSSR count). The van der Waals surface area contributed by atoms with Crippen LogP contribution in [0.1, 0.15) is 53.6 Å². The first-order chi connectivity index (χ1) is 14.1. The molecule has 2 aromatic rings. The highest BCUT2D eigenvalue weighted by molar-refractivity contribution is 6.04. The molecule has 5 nitrogen and oxygen atoms in total. The maximum Gasteiger partial charge on any atom is 0.255 e. The monoisotopic (exact) mass is 391 g/mol. The first-order valence-corrected chi connectivity index (χ1v) is 10.6. The summed E-state index contributed by atoms with van der Waals surface area (Å²) in [5.41, 5.74) is 3.45. The van der Waals surface area contributed by atoms with E-state index >= 15 is 0 Å². The summed E-state index contributed by atoms with van der Waals surface area (Å²) in [4.78, 5) is 25.0.